The van der Waals surface area contributed by atoms with E-state index in [2.05, 4.69) is 27.7 Å². The summed E-state index contributed by atoms with van der Waals surface area (Å²) in [5.74, 6) is 0. The lowest BCUT2D eigenvalue weighted by molar-refractivity contribution is -0.283. The molecule has 0 unspecified atom stereocenters. The van der Waals surface area contributed by atoms with Crippen molar-refractivity contribution < 1.29 is 10.2 Å². The van der Waals surface area contributed by atoms with Crippen LogP contribution in [0.2, 0.25) is 0 Å². The van der Waals surface area contributed by atoms with Crippen molar-refractivity contribution in [2.45, 2.75) is 65.6 Å². The Balaban J connectivity index is 2.92. The van der Waals surface area contributed by atoms with Crippen molar-refractivity contribution in [1.82, 2.24) is 0 Å². The van der Waals surface area contributed by atoms with Gasteiger partial charge in [-0.2, -0.15) is 0 Å². The Hall–Kier alpha value is -0.0800. The first-order valence-electron chi connectivity index (χ1n) is 5.91. The van der Waals surface area contributed by atoms with Crippen LogP contribution in [0.25, 0.3) is 0 Å². The van der Waals surface area contributed by atoms with E-state index in [4.69, 9.17) is 0 Å². The van der Waals surface area contributed by atoms with Crippen LogP contribution in [0.5, 0.6) is 0 Å². The van der Waals surface area contributed by atoms with Crippen LogP contribution in [-0.2, 0) is 0 Å². The highest BCUT2D eigenvalue weighted by Crippen LogP contribution is 2.61. The van der Waals surface area contributed by atoms with E-state index < -0.39 is 0 Å². The maximum Gasteiger partial charge on any atom is 0.0702 e. The topological polar surface area (TPSA) is 40.5 Å². The molecule has 0 bridgehead atoms. The predicted octanol–water partition coefficient (Wildman–Crippen LogP) is 2.33. The molecule has 0 saturated heterocycles. The summed E-state index contributed by atoms with van der Waals surface area (Å²) in [5.41, 5.74) is -0.460. The molecule has 0 aromatic rings. The van der Waals surface area contributed by atoms with Crippen molar-refractivity contribution in [1.29, 1.82) is 0 Å². The Morgan fingerprint density at radius 3 is 1.07 bits per heavy atom. The molecule has 1 rings (SSSR count). The van der Waals surface area contributed by atoms with Crippen LogP contribution >= 0.6 is 0 Å². The van der Waals surface area contributed by atoms with Gasteiger partial charge in [-0.3, -0.25) is 0 Å². The van der Waals surface area contributed by atoms with Gasteiger partial charge in [0, 0.05) is 10.8 Å². The normalized spacial score (nSPS) is 33.9. The van der Waals surface area contributed by atoms with Crippen molar-refractivity contribution in [2.75, 3.05) is 0 Å². The summed E-state index contributed by atoms with van der Waals surface area (Å²) in [5, 5.41) is 20.6. The lowest BCUT2D eigenvalue weighted by atomic mass is 9.44. The molecule has 14 heavy (non-hydrogen) atoms. The quantitative estimate of drug-likeness (QED) is 0.731. The summed E-state index contributed by atoms with van der Waals surface area (Å²) >= 11 is 0. The number of hydrogen-bond donors (Lipinski definition) is 2. The average Bonchev–Trinajstić information content (AvgIpc) is 2.23. The number of rotatable bonds is 4. The Morgan fingerprint density at radius 2 is 0.929 bits per heavy atom. The lowest BCUT2D eigenvalue weighted by Crippen LogP contribution is -2.71. The zero-order chi connectivity index (χ0) is 11.0. The van der Waals surface area contributed by atoms with E-state index in [0.717, 1.165) is 25.7 Å². The molecule has 0 amide bonds. The van der Waals surface area contributed by atoms with Gasteiger partial charge in [0.05, 0.1) is 12.2 Å². The van der Waals surface area contributed by atoms with Gasteiger partial charge in [-0.15, -0.1) is 0 Å². The zero-order valence-corrected chi connectivity index (χ0v) is 9.88. The monoisotopic (exact) mass is 200 g/mol. The SMILES string of the molecule is CCC1(CC)C(O)C(CC)(CC)C1O. The summed E-state index contributed by atoms with van der Waals surface area (Å²) in [6.07, 6.45) is 2.83. The minimum atomic E-state index is -0.324. The molecule has 0 spiro atoms. The molecular formula is C12H24O2. The molecule has 2 heteroatoms. The maximum absolute atomic E-state index is 10.3. The Bertz CT molecular complexity index is 158. The van der Waals surface area contributed by atoms with Gasteiger partial charge in [0.2, 0.25) is 0 Å². The summed E-state index contributed by atoms with van der Waals surface area (Å²) in [7, 11) is 0. The molecule has 2 N–H and O–H groups in total. The summed E-state index contributed by atoms with van der Waals surface area (Å²) in [4.78, 5) is 0. The van der Waals surface area contributed by atoms with E-state index in [1.807, 2.05) is 0 Å². The maximum atomic E-state index is 10.3. The lowest BCUT2D eigenvalue weighted by Gasteiger charge is -2.64. The minimum Gasteiger partial charge on any atom is -0.392 e. The molecule has 0 aliphatic heterocycles. The Kier molecular flexibility index (Phi) is 3.27. The van der Waals surface area contributed by atoms with Crippen LogP contribution in [0.3, 0.4) is 0 Å². The van der Waals surface area contributed by atoms with E-state index in [1.54, 1.807) is 0 Å². The first-order valence-corrected chi connectivity index (χ1v) is 5.91. The number of aliphatic hydroxyl groups is 2. The molecule has 1 aliphatic carbocycles. The Labute approximate surface area is 87.3 Å². The molecule has 0 heterocycles. The second kappa shape index (κ2) is 3.82. The summed E-state index contributed by atoms with van der Waals surface area (Å²) < 4.78 is 0. The van der Waals surface area contributed by atoms with Gasteiger partial charge in [-0.25, -0.2) is 0 Å². The second-order valence-electron chi connectivity index (χ2n) is 4.69. The van der Waals surface area contributed by atoms with Gasteiger partial charge >= 0.3 is 0 Å². The van der Waals surface area contributed by atoms with Crippen molar-refractivity contribution in [3.63, 3.8) is 0 Å². The fourth-order valence-corrected chi connectivity index (χ4v) is 3.39. The van der Waals surface area contributed by atoms with E-state index >= 15 is 0 Å². The third-order valence-electron chi connectivity index (χ3n) is 4.81. The highest BCUT2D eigenvalue weighted by Gasteiger charge is 2.66. The summed E-state index contributed by atoms with van der Waals surface area (Å²) in [6, 6.07) is 0. The van der Waals surface area contributed by atoms with Crippen LogP contribution in [0.1, 0.15) is 53.4 Å². The van der Waals surface area contributed by atoms with Gasteiger partial charge in [0.25, 0.3) is 0 Å². The van der Waals surface area contributed by atoms with Crippen molar-refractivity contribution in [3.8, 4) is 0 Å². The average molecular weight is 200 g/mol. The van der Waals surface area contributed by atoms with Gasteiger partial charge in [0.1, 0.15) is 0 Å². The van der Waals surface area contributed by atoms with Crippen molar-refractivity contribution in [2.24, 2.45) is 10.8 Å². The standard InChI is InChI=1S/C12H24O2/c1-5-11(6-2)9(13)12(7-3,8-4)10(11)14/h9-10,13-14H,5-8H2,1-4H3. The van der Waals surface area contributed by atoms with Crippen LogP contribution in [0.15, 0.2) is 0 Å². The molecule has 84 valence electrons. The van der Waals surface area contributed by atoms with E-state index in [9.17, 15) is 10.2 Å². The van der Waals surface area contributed by atoms with Crippen LogP contribution in [0, 0.1) is 10.8 Å². The van der Waals surface area contributed by atoms with Crippen LogP contribution in [0.4, 0.5) is 0 Å². The molecule has 0 aromatic heterocycles. The fourth-order valence-electron chi connectivity index (χ4n) is 3.39. The zero-order valence-electron chi connectivity index (χ0n) is 9.88. The Morgan fingerprint density at radius 1 is 0.714 bits per heavy atom. The van der Waals surface area contributed by atoms with Gasteiger partial charge in [-0.05, 0) is 25.7 Å². The van der Waals surface area contributed by atoms with Crippen LogP contribution < -0.4 is 0 Å². The number of aliphatic hydroxyl groups excluding tert-OH is 2. The van der Waals surface area contributed by atoms with E-state index in [0.29, 0.717) is 0 Å². The smallest absolute Gasteiger partial charge is 0.0702 e. The fraction of sp³-hybridized carbons (Fsp3) is 1.00. The molecule has 1 aliphatic rings. The first kappa shape index (κ1) is 12.0. The van der Waals surface area contributed by atoms with Gasteiger partial charge in [0.15, 0.2) is 0 Å². The molecule has 0 radical (unpaired) electrons. The highest BCUT2D eigenvalue weighted by molar-refractivity contribution is 5.15. The van der Waals surface area contributed by atoms with Gasteiger partial charge in [-0.1, -0.05) is 27.7 Å². The molecule has 2 nitrogen and oxygen atoms in total. The van der Waals surface area contributed by atoms with Crippen molar-refractivity contribution in [3.05, 3.63) is 0 Å². The van der Waals surface area contributed by atoms with E-state index in [1.165, 1.54) is 0 Å². The highest BCUT2D eigenvalue weighted by atomic mass is 16.3. The summed E-state index contributed by atoms with van der Waals surface area (Å²) in [6.45, 7) is 8.24. The van der Waals surface area contributed by atoms with E-state index in [-0.39, 0.29) is 23.0 Å². The van der Waals surface area contributed by atoms with Gasteiger partial charge < -0.3 is 10.2 Å². The predicted molar refractivity (Wildman–Crippen MR) is 58.0 cm³/mol. The third-order valence-corrected chi connectivity index (χ3v) is 4.81. The second-order valence-corrected chi connectivity index (χ2v) is 4.69. The molecule has 0 atom stereocenters. The largest absolute Gasteiger partial charge is 0.392 e. The molecular weight excluding hydrogens is 176 g/mol. The first-order chi connectivity index (χ1) is 6.55. The molecule has 1 fully saturated rings. The molecule has 0 aromatic carbocycles. The van der Waals surface area contributed by atoms with Crippen LogP contribution in [-0.4, -0.2) is 22.4 Å². The third kappa shape index (κ3) is 1.10. The van der Waals surface area contributed by atoms with Crippen molar-refractivity contribution >= 4 is 0 Å². The number of hydrogen-bond acceptors (Lipinski definition) is 2. The minimum absolute atomic E-state index is 0.230. The molecule has 1 saturated carbocycles.